The minimum absolute atomic E-state index is 0.0304. The number of rotatable bonds is 7. The van der Waals surface area contributed by atoms with Crippen molar-refractivity contribution in [3.63, 3.8) is 0 Å². The van der Waals surface area contributed by atoms with Gasteiger partial charge in [-0.3, -0.25) is 9.69 Å². The number of carbonyl (C=O) groups is 1. The third-order valence-electron chi connectivity index (χ3n) is 5.89. The Morgan fingerprint density at radius 3 is 2.50 bits per heavy atom. The first kappa shape index (κ1) is 22.6. The lowest BCUT2D eigenvalue weighted by molar-refractivity contribution is -0.119. The average molecular weight is 416 g/mol. The molecule has 0 spiro atoms. The van der Waals surface area contributed by atoms with Crippen LogP contribution in [0.15, 0.2) is 29.3 Å². The fourth-order valence-electron chi connectivity index (χ4n) is 3.95. The zero-order valence-corrected chi connectivity index (χ0v) is 18.7. The van der Waals surface area contributed by atoms with Crippen molar-refractivity contribution in [3.05, 3.63) is 29.8 Å². The van der Waals surface area contributed by atoms with Gasteiger partial charge in [0.15, 0.2) is 5.96 Å². The number of hydrogen-bond acceptors (Lipinski definition) is 4. The van der Waals surface area contributed by atoms with E-state index in [9.17, 15) is 4.79 Å². The first-order valence-corrected chi connectivity index (χ1v) is 11.2. The van der Waals surface area contributed by atoms with Gasteiger partial charge in [-0.25, -0.2) is 4.99 Å². The molecular formula is C23H37N5O2. The number of nitrogens with one attached hydrogen (secondary N) is 2. The van der Waals surface area contributed by atoms with Crippen molar-refractivity contribution in [1.29, 1.82) is 0 Å². The minimum atomic E-state index is 0.0304. The second-order valence-corrected chi connectivity index (χ2v) is 8.63. The molecule has 2 N–H and O–H groups in total. The number of hydrogen-bond donors (Lipinski definition) is 2. The van der Waals surface area contributed by atoms with Crippen molar-refractivity contribution in [2.75, 3.05) is 50.8 Å². The number of carbonyl (C=O) groups excluding carboxylic acids is 1. The van der Waals surface area contributed by atoms with Gasteiger partial charge in [0, 0.05) is 50.4 Å². The van der Waals surface area contributed by atoms with Crippen LogP contribution >= 0.6 is 0 Å². The van der Waals surface area contributed by atoms with Crippen LogP contribution in [0.3, 0.4) is 0 Å². The van der Waals surface area contributed by atoms with E-state index in [-0.39, 0.29) is 11.4 Å². The van der Waals surface area contributed by atoms with Crippen LogP contribution in [0.25, 0.3) is 0 Å². The molecule has 1 amide bonds. The van der Waals surface area contributed by atoms with E-state index in [0.717, 1.165) is 76.0 Å². The van der Waals surface area contributed by atoms with Gasteiger partial charge in [0.05, 0.1) is 19.8 Å². The monoisotopic (exact) mass is 415 g/mol. The summed E-state index contributed by atoms with van der Waals surface area (Å²) in [5.74, 6) is 1.06. The van der Waals surface area contributed by atoms with Gasteiger partial charge < -0.3 is 20.3 Å². The molecule has 7 nitrogen and oxygen atoms in total. The van der Waals surface area contributed by atoms with Gasteiger partial charge >= 0.3 is 0 Å². The molecule has 0 unspecified atom stereocenters. The van der Waals surface area contributed by atoms with E-state index in [1.165, 1.54) is 0 Å². The molecule has 2 aliphatic heterocycles. The molecule has 0 aliphatic carbocycles. The highest BCUT2D eigenvalue weighted by molar-refractivity contribution is 5.93. The predicted octanol–water partition coefficient (Wildman–Crippen LogP) is 2.37. The predicted molar refractivity (Wildman–Crippen MR) is 122 cm³/mol. The smallest absolute Gasteiger partial charge is 0.226 e. The number of nitrogens with zero attached hydrogens (tertiary/aromatic N) is 3. The van der Waals surface area contributed by atoms with E-state index in [4.69, 9.17) is 9.73 Å². The number of amides is 1. The normalized spacial score (nSPS) is 19.1. The highest BCUT2D eigenvalue weighted by Crippen LogP contribution is 2.21. The van der Waals surface area contributed by atoms with Crippen LogP contribution in [0.5, 0.6) is 0 Å². The number of anilines is 1. The summed E-state index contributed by atoms with van der Waals surface area (Å²) in [7, 11) is 0. The zero-order valence-electron chi connectivity index (χ0n) is 18.7. The number of piperidine rings is 1. The SMILES string of the molecule is CCNC(=NCc1ccc(N2CCCCC2=O)cc1)NCC(C)(C)N1CCOCC1. The summed E-state index contributed by atoms with van der Waals surface area (Å²) in [5, 5.41) is 6.84. The molecule has 7 heteroatoms. The van der Waals surface area contributed by atoms with Gasteiger partial charge in [-0.05, 0) is 51.3 Å². The molecule has 2 saturated heterocycles. The van der Waals surface area contributed by atoms with Crippen LogP contribution < -0.4 is 15.5 Å². The molecule has 2 heterocycles. The molecule has 2 fully saturated rings. The largest absolute Gasteiger partial charge is 0.379 e. The lowest BCUT2D eigenvalue weighted by Gasteiger charge is -2.41. The maximum atomic E-state index is 12.1. The highest BCUT2D eigenvalue weighted by atomic mass is 16.5. The molecule has 166 valence electrons. The Balaban J connectivity index is 1.56. The Morgan fingerprint density at radius 2 is 1.83 bits per heavy atom. The quantitative estimate of drug-likeness (QED) is 0.529. The van der Waals surface area contributed by atoms with E-state index in [2.05, 4.69) is 48.4 Å². The summed E-state index contributed by atoms with van der Waals surface area (Å²) in [6.07, 6.45) is 2.74. The lowest BCUT2D eigenvalue weighted by atomic mass is 10.0. The minimum Gasteiger partial charge on any atom is -0.379 e. The third-order valence-corrected chi connectivity index (χ3v) is 5.89. The van der Waals surface area contributed by atoms with E-state index in [1.807, 2.05) is 17.0 Å². The standard InChI is InChI=1S/C23H37N5O2/c1-4-24-22(26-18-23(2,3)27-13-15-30-16-14-27)25-17-19-8-10-20(11-9-19)28-12-6-5-7-21(28)29/h8-11H,4-7,12-18H2,1-3H3,(H2,24,25,26). The molecule has 1 aromatic carbocycles. The molecular weight excluding hydrogens is 378 g/mol. The highest BCUT2D eigenvalue weighted by Gasteiger charge is 2.28. The van der Waals surface area contributed by atoms with Gasteiger partial charge in [0.2, 0.25) is 5.91 Å². The summed E-state index contributed by atoms with van der Waals surface area (Å²) in [5.41, 5.74) is 2.15. The van der Waals surface area contributed by atoms with Crippen molar-refractivity contribution in [2.45, 2.75) is 52.1 Å². The van der Waals surface area contributed by atoms with Crippen molar-refractivity contribution in [3.8, 4) is 0 Å². The Labute approximate surface area is 180 Å². The molecule has 30 heavy (non-hydrogen) atoms. The summed E-state index contributed by atoms with van der Waals surface area (Å²) in [6.45, 7) is 13.2. The Hall–Kier alpha value is -2.12. The molecule has 0 aromatic heterocycles. The van der Waals surface area contributed by atoms with E-state index < -0.39 is 0 Å². The van der Waals surface area contributed by atoms with Gasteiger partial charge in [-0.1, -0.05) is 12.1 Å². The van der Waals surface area contributed by atoms with Crippen molar-refractivity contribution >= 4 is 17.6 Å². The summed E-state index contributed by atoms with van der Waals surface area (Å²) in [6, 6.07) is 8.22. The molecule has 3 rings (SSSR count). The second kappa shape index (κ2) is 10.8. The van der Waals surface area contributed by atoms with Crippen LogP contribution in [0.2, 0.25) is 0 Å². The van der Waals surface area contributed by atoms with Crippen molar-refractivity contribution in [1.82, 2.24) is 15.5 Å². The number of guanidine groups is 1. The molecule has 0 atom stereocenters. The molecule has 0 radical (unpaired) electrons. The maximum Gasteiger partial charge on any atom is 0.226 e. The number of benzene rings is 1. The maximum absolute atomic E-state index is 12.1. The van der Waals surface area contributed by atoms with Crippen molar-refractivity contribution in [2.24, 2.45) is 4.99 Å². The number of aliphatic imine (C=N–C) groups is 1. The van der Waals surface area contributed by atoms with Crippen LogP contribution in [-0.2, 0) is 16.1 Å². The number of morpholine rings is 1. The lowest BCUT2D eigenvalue weighted by Crippen LogP contribution is -2.56. The zero-order chi connectivity index (χ0) is 21.4. The molecule has 2 aliphatic rings. The van der Waals surface area contributed by atoms with E-state index in [0.29, 0.717) is 13.0 Å². The fourth-order valence-corrected chi connectivity index (χ4v) is 3.95. The molecule has 0 bridgehead atoms. The molecule has 1 aromatic rings. The summed E-state index contributed by atoms with van der Waals surface area (Å²) in [4.78, 5) is 21.2. The Morgan fingerprint density at radius 1 is 1.10 bits per heavy atom. The van der Waals surface area contributed by atoms with Crippen LogP contribution in [0, 0.1) is 0 Å². The Kier molecular flexibility index (Phi) is 8.10. The van der Waals surface area contributed by atoms with Crippen LogP contribution in [0.1, 0.15) is 45.6 Å². The molecule has 0 saturated carbocycles. The summed E-state index contributed by atoms with van der Waals surface area (Å²) >= 11 is 0. The van der Waals surface area contributed by atoms with E-state index >= 15 is 0 Å². The van der Waals surface area contributed by atoms with Crippen LogP contribution in [0.4, 0.5) is 5.69 Å². The summed E-state index contributed by atoms with van der Waals surface area (Å²) < 4.78 is 5.48. The first-order valence-electron chi connectivity index (χ1n) is 11.2. The Bertz CT molecular complexity index is 711. The van der Waals surface area contributed by atoms with Crippen LogP contribution in [-0.4, -0.2) is 68.2 Å². The van der Waals surface area contributed by atoms with Gasteiger partial charge in [0.25, 0.3) is 0 Å². The van der Waals surface area contributed by atoms with Gasteiger partial charge in [-0.15, -0.1) is 0 Å². The number of ether oxygens (including phenoxy) is 1. The fraction of sp³-hybridized carbons (Fsp3) is 0.652. The third kappa shape index (κ3) is 6.19. The first-order chi connectivity index (χ1) is 14.5. The van der Waals surface area contributed by atoms with E-state index in [1.54, 1.807) is 0 Å². The van der Waals surface area contributed by atoms with Gasteiger partial charge in [0.1, 0.15) is 0 Å². The van der Waals surface area contributed by atoms with Crippen molar-refractivity contribution < 1.29 is 9.53 Å². The average Bonchev–Trinajstić information content (AvgIpc) is 2.77. The second-order valence-electron chi connectivity index (χ2n) is 8.63. The van der Waals surface area contributed by atoms with Gasteiger partial charge in [-0.2, -0.15) is 0 Å². The topological polar surface area (TPSA) is 69.2 Å².